The fourth-order valence-electron chi connectivity index (χ4n) is 4.16. The van der Waals surface area contributed by atoms with Gasteiger partial charge in [0, 0.05) is 37.4 Å². The third-order valence-corrected chi connectivity index (χ3v) is 4.98. The van der Waals surface area contributed by atoms with Crippen LogP contribution in [-0.2, 0) is 6.54 Å². The van der Waals surface area contributed by atoms with Crippen LogP contribution in [0.4, 0.5) is 5.69 Å². The van der Waals surface area contributed by atoms with Crippen LogP contribution in [0.15, 0.2) is 12.1 Å². The lowest BCUT2D eigenvalue weighted by Crippen LogP contribution is -2.38. The predicted octanol–water partition coefficient (Wildman–Crippen LogP) is 2.20. The quantitative estimate of drug-likeness (QED) is 0.734. The summed E-state index contributed by atoms with van der Waals surface area (Å²) >= 11 is 0. The van der Waals surface area contributed by atoms with Crippen molar-refractivity contribution in [3.8, 4) is 5.75 Å². The number of hydrogen-bond donors (Lipinski definition) is 2. The first-order valence-electron chi connectivity index (χ1n) is 7.15. The van der Waals surface area contributed by atoms with Gasteiger partial charge in [-0.25, -0.2) is 0 Å². The zero-order chi connectivity index (χ0) is 12.1. The zero-order valence-electron chi connectivity index (χ0n) is 10.7. The maximum Gasteiger partial charge on any atom is 0.122 e. The molecule has 3 nitrogen and oxygen atoms in total. The molecule has 18 heavy (non-hydrogen) atoms. The van der Waals surface area contributed by atoms with Gasteiger partial charge in [-0.2, -0.15) is 0 Å². The minimum Gasteiger partial charge on any atom is -0.508 e. The minimum absolute atomic E-state index is 0.463. The molecule has 96 valence electrons. The van der Waals surface area contributed by atoms with Crippen LogP contribution in [0.1, 0.15) is 36.3 Å². The molecular formula is C15H20N2O. The molecule has 0 aromatic heterocycles. The number of fused-ring (bicyclic) bond motifs is 2. The molecule has 0 amide bonds. The highest BCUT2D eigenvalue weighted by atomic mass is 16.3. The molecule has 3 aliphatic rings. The number of phenols is 1. The van der Waals surface area contributed by atoms with Crippen molar-refractivity contribution in [1.29, 1.82) is 0 Å². The van der Waals surface area contributed by atoms with E-state index in [0.717, 1.165) is 37.0 Å². The number of anilines is 1. The number of nitrogens with zero attached hydrogens (tertiary/aromatic N) is 1. The van der Waals surface area contributed by atoms with Gasteiger partial charge >= 0.3 is 0 Å². The summed E-state index contributed by atoms with van der Waals surface area (Å²) in [7, 11) is 0. The number of rotatable bonds is 0. The van der Waals surface area contributed by atoms with Gasteiger partial charge in [-0.05, 0) is 36.3 Å². The Hall–Kier alpha value is -1.22. The fourth-order valence-corrected chi connectivity index (χ4v) is 4.16. The second-order valence-electron chi connectivity index (χ2n) is 5.92. The Morgan fingerprint density at radius 1 is 1.28 bits per heavy atom. The van der Waals surface area contributed by atoms with Gasteiger partial charge in [-0.3, -0.25) is 0 Å². The van der Waals surface area contributed by atoms with Crippen molar-refractivity contribution in [2.24, 2.45) is 5.92 Å². The van der Waals surface area contributed by atoms with E-state index in [1.165, 1.54) is 37.1 Å². The van der Waals surface area contributed by atoms with E-state index >= 15 is 0 Å². The van der Waals surface area contributed by atoms with Crippen molar-refractivity contribution in [1.82, 2.24) is 5.32 Å². The lowest BCUT2D eigenvalue weighted by molar-refractivity contribution is 0.447. The van der Waals surface area contributed by atoms with Crippen LogP contribution in [0.25, 0.3) is 0 Å². The molecule has 0 radical (unpaired) electrons. The molecule has 0 bridgehead atoms. The highest BCUT2D eigenvalue weighted by Crippen LogP contribution is 2.50. The average Bonchev–Trinajstić information content (AvgIpc) is 2.73. The zero-order valence-corrected chi connectivity index (χ0v) is 10.7. The third kappa shape index (κ3) is 1.40. The van der Waals surface area contributed by atoms with Crippen LogP contribution in [0, 0.1) is 5.92 Å². The molecule has 2 heterocycles. The molecule has 3 heteroatoms. The molecule has 0 saturated heterocycles. The summed E-state index contributed by atoms with van der Waals surface area (Å²) in [6, 6.07) is 4.08. The van der Waals surface area contributed by atoms with E-state index in [2.05, 4.69) is 16.3 Å². The number of phenolic OH excluding ortho intramolecular Hbond substituents is 1. The lowest BCUT2D eigenvalue weighted by atomic mass is 9.82. The van der Waals surface area contributed by atoms with Gasteiger partial charge in [0.05, 0.1) is 0 Å². The minimum atomic E-state index is 0.463. The van der Waals surface area contributed by atoms with Crippen LogP contribution in [0.2, 0.25) is 0 Å². The maximum atomic E-state index is 10.1. The van der Waals surface area contributed by atoms with Crippen LogP contribution < -0.4 is 10.2 Å². The summed E-state index contributed by atoms with van der Waals surface area (Å²) < 4.78 is 0. The summed E-state index contributed by atoms with van der Waals surface area (Å²) in [6.07, 6.45) is 4.09. The van der Waals surface area contributed by atoms with Crippen molar-refractivity contribution in [3.05, 3.63) is 23.3 Å². The summed E-state index contributed by atoms with van der Waals surface area (Å²) in [6.45, 7) is 4.09. The Morgan fingerprint density at radius 2 is 2.22 bits per heavy atom. The van der Waals surface area contributed by atoms with Crippen LogP contribution in [-0.4, -0.2) is 24.7 Å². The first-order chi connectivity index (χ1) is 8.84. The normalized spacial score (nSPS) is 29.7. The Balaban J connectivity index is 1.91. The van der Waals surface area contributed by atoms with Crippen LogP contribution >= 0.6 is 0 Å². The van der Waals surface area contributed by atoms with Gasteiger partial charge in [0.1, 0.15) is 5.75 Å². The molecule has 2 unspecified atom stereocenters. The molecule has 4 rings (SSSR count). The molecular weight excluding hydrogens is 224 g/mol. The summed E-state index contributed by atoms with van der Waals surface area (Å²) in [5.74, 6) is 2.05. The largest absolute Gasteiger partial charge is 0.508 e. The van der Waals surface area contributed by atoms with Crippen molar-refractivity contribution in [3.63, 3.8) is 0 Å². The molecule has 2 atom stereocenters. The summed E-state index contributed by atoms with van der Waals surface area (Å²) in [5.41, 5.74) is 3.97. The van der Waals surface area contributed by atoms with Crippen molar-refractivity contribution >= 4 is 5.69 Å². The predicted molar refractivity (Wildman–Crippen MR) is 72.1 cm³/mol. The van der Waals surface area contributed by atoms with Gasteiger partial charge in [0.15, 0.2) is 0 Å². The number of benzene rings is 1. The standard InChI is InChI=1S/C15H20N2O/c18-14-5-4-12-11-3-1-2-10(11)9-17-7-6-16-8-13(14)15(12)17/h4-5,10-11,16,18H,1-3,6-9H2. The molecule has 1 saturated carbocycles. The van der Waals surface area contributed by atoms with E-state index in [9.17, 15) is 5.11 Å². The Kier molecular flexibility index (Phi) is 2.31. The molecule has 2 N–H and O–H groups in total. The molecule has 1 fully saturated rings. The highest BCUT2D eigenvalue weighted by molar-refractivity contribution is 5.67. The number of aromatic hydroxyl groups is 1. The molecule has 0 spiro atoms. The maximum absolute atomic E-state index is 10.1. The van der Waals surface area contributed by atoms with Gasteiger partial charge in [-0.15, -0.1) is 0 Å². The number of hydrogen-bond acceptors (Lipinski definition) is 3. The Bertz CT molecular complexity index is 486. The van der Waals surface area contributed by atoms with Gasteiger partial charge < -0.3 is 15.3 Å². The first-order valence-corrected chi connectivity index (χ1v) is 7.15. The van der Waals surface area contributed by atoms with Crippen LogP contribution in [0.5, 0.6) is 5.75 Å². The summed E-state index contributed by atoms with van der Waals surface area (Å²) in [5, 5.41) is 13.5. The van der Waals surface area contributed by atoms with E-state index < -0.39 is 0 Å². The van der Waals surface area contributed by atoms with E-state index in [1.807, 2.05) is 6.07 Å². The highest BCUT2D eigenvalue weighted by Gasteiger charge is 2.38. The van der Waals surface area contributed by atoms with Gasteiger partial charge in [0.25, 0.3) is 0 Å². The van der Waals surface area contributed by atoms with Crippen LogP contribution in [0.3, 0.4) is 0 Å². The third-order valence-electron chi connectivity index (χ3n) is 4.98. The van der Waals surface area contributed by atoms with Gasteiger partial charge in [-0.1, -0.05) is 12.5 Å². The smallest absolute Gasteiger partial charge is 0.122 e. The molecule has 1 aliphatic carbocycles. The Morgan fingerprint density at radius 3 is 3.17 bits per heavy atom. The second-order valence-corrected chi connectivity index (χ2v) is 5.92. The average molecular weight is 244 g/mol. The number of nitrogens with one attached hydrogen (secondary N) is 1. The summed E-state index contributed by atoms with van der Waals surface area (Å²) in [4.78, 5) is 2.51. The SMILES string of the molecule is Oc1ccc2c3c1CNCCN3CC1CCCC21. The van der Waals surface area contributed by atoms with E-state index in [0.29, 0.717) is 5.75 Å². The Labute approximate surface area is 108 Å². The molecule has 1 aromatic rings. The fraction of sp³-hybridized carbons (Fsp3) is 0.600. The monoisotopic (exact) mass is 244 g/mol. The molecule has 1 aromatic carbocycles. The van der Waals surface area contributed by atoms with Crippen molar-refractivity contribution in [2.45, 2.75) is 31.7 Å². The van der Waals surface area contributed by atoms with Gasteiger partial charge in [0.2, 0.25) is 0 Å². The topological polar surface area (TPSA) is 35.5 Å². The second kappa shape index (κ2) is 3.89. The van der Waals surface area contributed by atoms with E-state index in [-0.39, 0.29) is 0 Å². The van der Waals surface area contributed by atoms with Crippen molar-refractivity contribution in [2.75, 3.05) is 24.5 Å². The van der Waals surface area contributed by atoms with Crippen molar-refractivity contribution < 1.29 is 5.11 Å². The lowest BCUT2D eigenvalue weighted by Gasteiger charge is -2.39. The molecule has 2 aliphatic heterocycles. The van der Waals surface area contributed by atoms with E-state index in [4.69, 9.17) is 0 Å². The first kappa shape index (κ1) is 10.7. The van der Waals surface area contributed by atoms with E-state index in [1.54, 1.807) is 0 Å².